The van der Waals surface area contributed by atoms with Crippen molar-refractivity contribution in [2.24, 2.45) is 0 Å². The molecule has 1 aliphatic rings. The first-order chi connectivity index (χ1) is 17.9. The number of carbonyl (C=O) groups excluding carboxylic acids is 1. The van der Waals surface area contributed by atoms with Crippen molar-refractivity contribution < 1.29 is 13.9 Å². The molecule has 0 aliphatic carbocycles. The van der Waals surface area contributed by atoms with Gasteiger partial charge in [-0.2, -0.15) is 5.10 Å². The fourth-order valence-electron chi connectivity index (χ4n) is 4.69. The van der Waals surface area contributed by atoms with Crippen molar-refractivity contribution in [3.05, 3.63) is 106 Å². The van der Waals surface area contributed by atoms with Crippen LogP contribution in [-0.4, -0.2) is 37.5 Å². The third-order valence-electron chi connectivity index (χ3n) is 6.47. The maximum absolute atomic E-state index is 14.4. The van der Waals surface area contributed by atoms with Gasteiger partial charge in [-0.3, -0.25) is 4.79 Å². The van der Waals surface area contributed by atoms with Gasteiger partial charge in [-0.05, 0) is 54.1 Å². The van der Waals surface area contributed by atoms with Crippen molar-refractivity contribution in [2.45, 2.75) is 12.6 Å². The highest BCUT2D eigenvalue weighted by Gasteiger charge is 2.42. The lowest BCUT2D eigenvalue weighted by Crippen LogP contribution is -2.28. The third kappa shape index (κ3) is 3.93. The number of benzene rings is 2. The summed E-state index contributed by atoms with van der Waals surface area (Å²) in [7, 11) is 1.59. The number of nitrogens with two attached hydrogens (primary N) is 1. The molecular weight excluding hydrogens is 495 g/mol. The first-order valence-corrected chi connectivity index (χ1v) is 11.8. The Balaban J connectivity index is 1.49. The van der Waals surface area contributed by atoms with Gasteiger partial charge in [0.05, 0.1) is 18.8 Å². The quantitative estimate of drug-likeness (QED) is 0.357. The first-order valence-electron chi connectivity index (χ1n) is 11.4. The molecule has 4 heterocycles. The van der Waals surface area contributed by atoms with Crippen LogP contribution in [0.2, 0.25) is 5.02 Å². The second kappa shape index (κ2) is 8.86. The molecule has 0 bridgehead atoms. The van der Waals surface area contributed by atoms with Crippen molar-refractivity contribution in [1.29, 1.82) is 0 Å². The van der Waals surface area contributed by atoms with E-state index in [1.807, 2.05) is 30.3 Å². The minimum atomic E-state index is -0.716. The standard InChI is InChI=1S/C27H20ClFN6O2/c1-37-18-6-2-15(3-7-18)12-34-26(19-10-17(29)5-8-20(19)28)24-21(30)11-22(33-25(24)27(34)36)16-4-9-23-31-14-32-35(23)13-16/h2-11,13-14,26H,12H2,1H3,(H2,30,33). The van der Waals surface area contributed by atoms with Crippen LogP contribution in [0.25, 0.3) is 16.9 Å². The number of hydrogen-bond acceptors (Lipinski definition) is 6. The number of halogens is 2. The van der Waals surface area contributed by atoms with Gasteiger partial charge in [-0.1, -0.05) is 23.7 Å². The van der Waals surface area contributed by atoms with Gasteiger partial charge in [0, 0.05) is 40.1 Å². The minimum absolute atomic E-state index is 0.201. The van der Waals surface area contributed by atoms with Crippen LogP contribution in [-0.2, 0) is 6.54 Å². The second-order valence-corrected chi connectivity index (χ2v) is 9.10. The minimum Gasteiger partial charge on any atom is -0.497 e. The van der Waals surface area contributed by atoms with Crippen LogP contribution in [0.3, 0.4) is 0 Å². The van der Waals surface area contributed by atoms with Crippen molar-refractivity contribution >= 4 is 28.8 Å². The smallest absolute Gasteiger partial charge is 0.274 e. The number of methoxy groups -OCH3 is 1. The topological polar surface area (TPSA) is 98.6 Å². The summed E-state index contributed by atoms with van der Waals surface area (Å²) in [6.45, 7) is 0.233. The predicted molar refractivity (Wildman–Crippen MR) is 137 cm³/mol. The summed E-state index contributed by atoms with van der Waals surface area (Å²) in [5.74, 6) is -0.0927. The molecule has 10 heteroatoms. The van der Waals surface area contributed by atoms with E-state index in [2.05, 4.69) is 10.1 Å². The Morgan fingerprint density at radius 1 is 1.11 bits per heavy atom. The van der Waals surface area contributed by atoms with E-state index < -0.39 is 11.9 Å². The number of pyridine rings is 2. The number of fused-ring (bicyclic) bond motifs is 2. The molecule has 1 atom stereocenters. The Hall–Kier alpha value is -4.50. The van der Waals surface area contributed by atoms with Crippen LogP contribution >= 0.6 is 11.6 Å². The number of nitrogens with zero attached hydrogens (tertiary/aromatic N) is 5. The molecule has 5 aromatic rings. The van der Waals surface area contributed by atoms with E-state index in [1.54, 1.807) is 34.9 Å². The number of anilines is 1. The Kier molecular flexibility index (Phi) is 5.49. The van der Waals surface area contributed by atoms with Gasteiger partial charge >= 0.3 is 0 Å². The van der Waals surface area contributed by atoms with Gasteiger partial charge in [0.15, 0.2) is 5.65 Å². The second-order valence-electron chi connectivity index (χ2n) is 8.69. The maximum atomic E-state index is 14.4. The molecule has 3 aromatic heterocycles. The van der Waals surface area contributed by atoms with E-state index in [0.29, 0.717) is 44.5 Å². The van der Waals surface area contributed by atoms with E-state index in [4.69, 9.17) is 27.1 Å². The number of rotatable bonds is 5. The van der Waals surface area contributed by atoms with Crippen molar-refractivity contribution in [1.82, 2.24) is 24.5 Å². The highest BCUT2D eigenvalue weighted by atomic mass is 35.5. The molecule has 1 amide bonds. The molecule has 0 saturated carbocycles. The molecule has 1 unspecified atom stereocenters. The Labute approximate surface area is 216 Å². The largest absolute Gasteiger partial charge is 0.497 e. The SMILES string of the molecule is COc1ccc(CN2C(=O)c3nc(-c4ccc5ncnn5c4)cc(N)c3C2c2cc(F)ccc2Cl)cc1. The average Bonchev–Trinajstić information content (AvgIpc) is 3.48. The van der Waals surface area contributed by atoms with Crippen LogP contribution < -0.4 is 10.5 Å². The molecule has 1 aliphatic heterocycles. The van der Waals surface area contributed by atoms with Crippen molar-refractivity contribution in [3.63, 3.8) is 0 Å². The number of amides is 1. The zero-order valence-corrected chi connectivity index (χ0v) is 20.4. The maximum Gasteiger partial charge on any atom is 0.274 e. The number of ether oxygens (including phenoxy) is 1. The lowest BCUT2D eigenvalue weighted by atomic mass is 9.97. The van der Waals surface area contributed by atoms with Crippen LogP contribution in [0.1, 0.15) is 33.2 Å². The van der Waals surface area contributed by atoms with Crippen LogP contribution in [0.4, 0.5) is 10.1 Å². The molecule has 2 aromatic carbocycles. The third-order valence-corrected chi connectivity index (χ3v) is 6.82. The molecule has 0 saturated heterocycles. The Morgan fingerprint density at radius 3 is 2.70 bits per heavy atom. The summed E-state index contributed by atoms with van der Waals surface area (Å²) >= 11 is 6.52. The fraction of sp³-hybridized carbons (Fsp3) is 0.111. The van der Waals surface area contributed by atoms with Crippen molar-refractivity contribution in [3.8, 4) is 17.0 Å². The number of carbonyl (C=O) groups is 1. The van der Waals surface area contributed by atoms with Gasteiger partial charge in [0.1, 0.15) is 23.6 Å². The van der Waals surface area contributed by atoms with E-state index in [9.17, 15) is 9.18 Å². The molecule has 0 spiro atoms. The molecular formula is C27H20ClFN6O2. The molecule has 37 heavy (non-hydrogen) atoms. The molecule has 0 radical (unpaired) electrons. The summed E-state index contributed by atoms with van der Waals surface area (Å²) in [5, 5.41) is 4.49. The zero-order valence-electron chi connectivity index (χ0n) is 19.6. The van der Waals surface area contributed by atoms with E-state index in [1.165, 1.54) is 24.5 Å². The monoisotopic (exact) mass is 514 g/mol. The molecule has 6 rings (SSSR count). The Morgan fingerprint density at radius 2 is 1.92 bits per heavy atom. The Bertz CT molecular complexity index is 1670. The van der Waals surface area contributed by atoms with Crippen LogP contribution in [0.5, 0.6) is 5.75 Å². The van der Waals surface area contributed by atoms with Crippen molar-refractivity contribution in [2.75, 3.05) is 12.8 Å². The van der Waals surface area contributed by atoms with E-state index >= 15 is 0 Å². The molecule has 2 N–H and O–H groups in total. The van der Waals surface area contributed by atoms with E-state index in [-0.39, 0.29) is 18.1 Å². The molecule has 184 valence electrons. The lowest BCUT2D eigenvalue weighted by molar-refractivity contribution is 0.0732. The van der Waals surface area contributed by atoms with Gasteiger partial charge in [0.2, 0.25) is 0 Å². The summed E-state index contributed by atoms with van der Waals surface area (Å²) in [6.07, 6.45) is 3.23. The zero-order chi connectivity index (χ0) is 25.7. The van der Waals surface area contributed by atoms with Gasteiger partial charge in [-0.15, -0.1) is 0 Å². The summed E-state index contributed by atoms with van der Waals surface area (Å²) < 4.78 is 21.2. The lowest BCUT2D eigenvalue weighted by Gasteiger charge is -2.27. The summed E-state index contributed by atoms with van der Waals surface area (Å²) in [4.78, 5) is 24.3. The molecule has 8 nitrogen and oxygen atoms in total. The highest BCUT2D eigenvalue weighted by Crippen LogP contribution is 2.45. The number of aromatic nitrogens is 4. The highest BCUT2D eigenvalue weighted by molar-refractivity contribution is 6.31. The van der Waals surface area contributed by atoms with Crippen LogP contribution in [0, 0.1) is 5.82 Å². The van der Waals surface area contributed by atoms with E-state index in [0.717, 1.165) is 5.56 Å². The van der Waals surface area contributed by atoms with Gasteiger partial charge in [-0.25, -0.2) is 18.9 Å². The van der Waals surface area contributed by atoms with Gasteiger partial charge < -0.3 is 15.4 Å². The fourth-order valence-corrected chi connectivity index (χ4v) is 4.91. The summed E-state index contributed by atoms with van der Waals surface area (Å²) in [6, 6.07) is 16.1. The van der Waals surface area contributed by atoms with Crippen LogP contribution in [0.15, 0.2) is 73.2 Å². The van der Waals surface area contributed by atoms with Gasteiger partial charge in [0.25, 0.3) is 5.91 Å². The first kappa shape index (κ1) is 22.9. The predicted octanol–water partition coefficient (Wildman–Crippen LogP) is 4.92. The number of nitrogen functional groups attached to an aromatic ring is 1. The normalized spacial score (nSPS) is 14.8. The average molecular weight is 515 g/mol. The summed E-state index contributed by atoms with van der Waals surface area (Å²) in [5.41, 5.74) is 10.8. The number of hydrogen-bond donors (Lipinski definition) is 1. The molecule has 0 fully saturated rings.